The Morgan fingerprint density at radius 2 is 2.07 bits per heavy atom. The summed E-state index contributed by atoms with van der Waals surface area (Å²) in [5.41, 5.74) is -0.885. The third-order valence-electron chi connectivity index (χ3n) is 2.66. The van der Waals surface area contributed by atoms with E-state index >= 15 is 0 Å². The average Bonchev–Trinajstić information content (AvgIpc) is 1.76. The standard InChI is InChI=1S/C11H20O3/c1-8(12)14-10(2,3)5-9-6-11(4,13)7-9/h9,13H,5-7H2,1-4H3. The molecule has 0 spiro atoms. The molecule has 1 rings (SSSR count). The van der Waals surface area contributed by atoms with Gasteiger partial charge in [0.15, 0.2) is 0 Å². The Hall–Kier alpha value is -0.570. The SMILES string of the molecule is CC(=O)OC(C)(C)CC1CC(C)(O)C1. The summed E-state index contributed by atoms with van der Waals surface area (Å²) >= 11 is 0. The lowest BCUT2D eigenvalue weighted by Crippen LogP contribution is -2.44. The Kier molecular flexibility index (Phi) is 2.91. The van der Waals surface area contributed by atoms with E-state index in [1.165, 1.54) is 6.92 Å². The second kappa shape index (κ2) is 3.54. The molecule has 0 saturated heterocycles. The summed E-state index contributed by atoms with van der Waals surface area (Å²) in [4.78, 5) is 10.8. The zero-order chi connectivity index (χ0) is 11.0. The van der Waals surface area contributed by atoms with Crippen LogP contribution in [0.15, 0.2) is 0 Å². The fraction of sp³-hybridized carbons (Fsp3) is 0.909. The molecule has 1 aliphatic carbocycles. The summed E-state index contributed by atoms with van der Waals surface area (Å²) in [6.45, 7) is 7.11. The molecule has 0 aromatic carbocycles. The van der Waals surface area contributed by atoms with Gasteiger partial charge in [-0.15, -0.1) is 0 Å². The van der Waals surface area contributed by atoms with Crippen LogP contribution in [0, 0.1) is 5.92 Å². The summed E-state index contributed by atoms with van der Waals surface area (Å²) in [5.74, 6) is 0.250. The van der Waals surface area contributed by atoms with Gasteiger partial charge in [0, 0.05) is 6.92 Å². The van der Waals surface area contributed by atoms with Crippen molar-refractivity contribution in [3.8, 4) is 0 Å². The highest BCUT2D eigenvalue weighted by Gasteiger charge is 2.41. The van der Waals surface area contributed by atoms with Crippen LogP contribution in [0.1, 0.15) is 47.0 Å². The smallest absolute Gasteiger partial charge is 0.303 e. The number of hydrogen-bond acceptors (Lipinski definition) is 3. The molecule has 0 aliphatic heterocycles. The van der Waals surface area contributed by atoms with Gasteiger partial charge in [0.2, 0.25) is 0 Å². The van der Waals surface area contributed by atoms with E-state index in [1.54, 1.807) is 0 Å². The molecule has 1 saturated carbocycles. The number of ether oxygens (including phenoxy) is 1. The maximum absolute atomic E-state index is 10.8. The van der Waals surface area contributed by atoms with Crippen molar-refractivity contribution in [2.45, 2.75) is 58.2 Å². The highest BCUT2D eigenvalue weighted by atomic mass is 16.6. The lowest BCUT2D eigenvalue weighted by Gasteiger charge is -2.43. The predicted octanol–water partition coefficient (Wildman–Crippen LogP) is 1.88. The molecular formula is C11H20O3. The maximum atomic E-state index is 10.8. The minimum atomic E-state index is -0.489. The first-order valence-electron chi connectivity index (χ1n) is 5.12. The Morgan fingerprint density at radius 1 is 1.57 bits per heavy atom. The normalized spacial score (nSPS) is 32.2. The molecular weight excluding hydrogens is 180 g/mol. The van der Waals surface area contributed by atoms with E-state index in [0.717, 1.165) is 19.3 Å². The lowest BCUT2D eigenvalue weighted by atomic mass is 9.68. The molecule has 0 heterocycles. The summed E-state index contributed by atoms with van der Waals surface area (Å²) in [7, 11) is 0. The van der Waals surface area contributed by atoms with Crippen LogP contribution in [0.3, 0.4) is 0 Å². The number of carbonyl (C=O) groups excluding carboxylic acids is 1. The molecule has 0 unspecified atom stereocenters. The highest BCUT2D eigenvalue weighted by molar-refractivity contribution is 5.66. The van der Waals surface area contributed by atoms with Crippen molar-refractivity contribution in [1.82, 2.24) is 0 Å². The fourth-order valence-corrected chi connectivity index (χ4v) is 2.45. The predicted molar refractivity (Wildman–Crippen MR) is 53.8 cm³/mol. The van der Waals surface area contributed by atoms with Gasteiger partial charge in [-0.25, -0.2) is 0 Å². The minimum Gasteiger partial charge on any atom is -0.460 e. The Morgan fingerprint density at radius 3 is 2.43 bits per heavy atom. The third-order valence-corrected chi connectivity index (χ3v) is 2.66. The van der Waals surface area contributed by atoms with Crippen LogP contribution in [0.25, 0.3) is 0 Å². The maximum Gasteiger partial charge on any atom is 0.303 e. The van der Waals surface area contributed by atoms with Crippen molar-refractivity contribution in [3.05, 3.63) is 0 Å². The van der Waals surface area contributed by atoms with E-state index in [9.17, 15) is 9.90 Å². The molecule has 3 nitrogen and oxygen atoms in total. The first kappa shape index (κ1) is 11.5. The van der Waals surface area contributed by atoms with Gasteiger partial charge >= 0.3 is 5.97 Å². The number of esters is 1. The number of aliphatic hydroxyl groups is 1. The van der Waals surface area contributed by atoms with Crippen molar-refractivity contribution in [2.24, 2.45) is 5.92 Å². The molecule has 0 aromatic heterocycles. The van der Waals surface area contributed by atoms with E-state index in [1.807, 2.05) is 20.8 Å². The molecule has 1 N–H and O–H groups in total. The van der Waals surface area contributed by atoms with Crippen molar-refractivity contribution in [2.75, 3.05) is 0 Å². The van der Waals surface area contributed by atoms with Gasteiger partial charge in [-0.3, -0.25) is 4.79 Å². The van der Waals surface area contributed by atoms with Gasteiger partial charge < -0.3 is 9.84 Å². The summed E-state index contributed by atoms with van der Waals surface area (Å²) in [6.07, 6.45) is 2.47. The van der Waals surface area contributed by atoms with Crippen LogP contribution in [0.5, 0.6) is 0 Å². The van der Waals surface area contributed by atoms with Crippen LogP contribution >= 0.6 is 0 Å². The van der Waals surface area contributed by atoms with Gasteiger partial charge in [-0.1, -0.05) is 0 Å². The zero-order valence-corrected chi connectivity index (χ0v) is 9.46. The third kappa shape index (κ3) is 3.29. The van der Waals surface area contributed by atoms with Crippen LogP contribution in [0.4, 0.5) is 0 Å². The first-order chi connectivity index (χ1) is 6.20. The van der Waals surface area contributed by atoms with Crippen LogP contribution in [0.2, 0.25) is 0 Å². The Balaban J connectivity index is 2.34. The summed E-state index contributed by atoms with van der Waals surface area (Å²) < 4.78 is 5.19. The molecule has 1 fully saturated rings. The van der Waals surface area contributed by atoms with Gasteiger partial charge in [-0.2, -0.15) is 0 Å². The average molecular weight is 200 g/mol. The van der Waals surface area contributed by atoms with Gasteiger partial charge in [0.05, 0.1) is 5.60 Å². The van der Waals surface area contributed by atoms with E-state index in [0.29, 0.717) is 5.92 Å². The van der Waals surface area contributed by atoms with Crippen molar-refractivity contribution in [3.63, 3.8) is 0 Å². The van der Waals surface area contributed by atoms with E-state index in [-0.39, 0.29) is 5.97 Å². The highest BCUT2D eigenvalue weighted by Crippen LogP contribution is 2.42. The number of carbonyl (C=O) groups is 1. The topological polar surface area (TPSA) is 46.5 Å². The van der Waals surface area contributed by atoms with Crippen molar-refractivity contribution >= 4 is 5.97 Å². The van der Waals surface area contributed by atoms with Gasteiger partial charge in [0.1, 0.15) is 5.60 Å². The second-order valence-corrected chi connectivity index (χ2v) is 5.33. The molecule has 0 aromatic rings. The molecule has 1 aliphatic rings. The van der Waals surface area contributed by atoms with E-state index < -0.39 is 11.2 Å². The van der Waals surface area contributed by atoms with E-state index in [4.69, 9.17) is 4.74 Å². The second-order valence-electron chi connectivity index (χ2n) is 5.33. The molecule has 82 valence electrons. The fourth-order valence-electron chi connectivity index (χ4n) is 2.45. The van der Waals surface area contributed by atoms with Gasteiger partial charge in [0.25, 0.3) is 0 Å². The molecule has 14 heavy (non-hydrogen) atoms. The molecule has 0 atom stereocenters. The lowest BCUT2D eigenvalue weighted by molar-refractivity contribution is -0.158. The molecule has 0 radical (unpaired) electrons. The Bertz CT molecular complexity index is 223. The number of rotatable bonds is 3. The summed E-state index contributed by atoms with van der Waals surface area (Å²) in [6, 6.07) is 0. The van der Waals surface area contributed by atoms with Crippen LogP contribution < -0.4 is 0 Å². The Labute approximate surface area is 85.5 Å². The van der Waals surface area contributed by atoms with Crippen molar-refractivity contribution in [1.29, 1.82) is 0 Å². The monoisotopic (exact) mass is 200 g/mol. The van der Waals surface area contributed by atoms with Crippen molar-refractivity contribution < 1.29 is 14.6 Å². The molecule has 3 heteroatoms. The summed E-state index contributed by atoms with van der Waals surface area (Å²) in [5, 5.41) is 9.55. The molecule has 0 amide bonds. The van der Waals surface area contributed by atoms with Gasteiger partial charge in [-0.05, 0) is 46.0 Å². The number of hydrogen-bond donors (Lipinski definition) is 1. The zero-order valence-electron chi connectivity index (χ0n) is 9.46. The molecule has 0 bridgehead atoms. The van der Waals surface area contributed by atoms with Crippen LogP contribution in [-0.4, -0.2) is 22.3 Å². The quantitative estimate of drug-likeness (QED) is 0.707. The van der Waals surface area contributed by atoms with E-state index in [2.05, 4.69) is 0 Å². The first-order valence-corrected chi connectivity index (χ1v) is 5.12. The van der Waals surface area contributed by atoms with Crippen LogP contribution in [-0.2, 0) is 9.53 Å². The minimum absolute atomic E-state index is 0.235. The largest absolute Gasteiger partial charge is 0.460 e.